The molecule has 0 bridgehead atoms. The van der Waals surface area contributed by atoms with Gasteiger partial charge in [0, 0.05) is 10.2 Å². The zero-order valence-electron chi connectivity index (χ0n) is 11.9. The molecular weight excluding hydrogens is 378 g/mol. The highest BCUT2D eigenvalue weighted by Gasteiger charge is 2.11. The van der Waals surface area contributed by atoms with E-state index in [2.05, 4.69) is 36.8 Å². The topological polar surface area (TPSA) is 72.7 Å². The number of hydrogen-bond acceptors (Lipinski definition) is 5. The van der Waals surface area contributed by atoms with Crippen molar-refractivity contribution >= 4 is 39.3 Å². The van der Waals surface area contributed by atoms with Gasteiger partial charge in [-0.2, -0.15) is 4.68 Å². The van der Waals surface area contributed by atoms with Gasteiger partial charge in [-0.15, -0.1) is 5.10 Å². The van der Waals surface area contributed by atoms with Gasteiger partial charge in [0.25, 0.3) is 0 Å². The van der Waals surface area contributed by atoms with Crippen molar-refractivity contribution in [2.24, 2.45) is 0 Å². The maximum absolute atomic E-state index is 12.0. The number of nitrogens with one attached hydrogen (secondary N) is 1. The van der Waals surface area contributed by atoms with Crippen molar-refractivity contribution in [2.45, 2.75) is 5.16 Å². The van der Waals surface area contributed by atoms with Crippen molar-refractivity contribution < 1.29 is 4.79 Å². The van der Waals surface area contributed by atoms with Gasteiger partial charge >= 0.3 is 0 Å². The number of tetrazole rings is 1. The largest absolute Gasteiger partial charge is 0.325 e. The molecule has 0 unspecified atom stereocenters. The van der Waals surface area contributed by atoms with E-state index < -0.39 is 0 Å². The highest BCUT2D eigenvalue weighted by molar-refractivity contribution is 9.10. The van der Waals surface area contributed by atoms with E-state index in [-0.39, 0.29) is 11.7 Å². The minimum atomic E-state index is -0.111. The van der Waals surface area contributed by atoms with Crippen LogP contribution in [0.2, 0.25) is 0 Å². The van der Waals surface area contributed by atoms with E-state index in [0.29, 0.717) is 5.16 Å². The van der Waals surface area contributed by atoms with Crippen molar-refractivity contribution in [3.63, 3.8) is 0 Å². The van der Waals surface area contributed by atoms with Gasteiger partial charge in [-0.05, 0) is 46.8 Å². The summed E-state index contributed by atoms with van der Waals surface area (Å²) in [4.78, 5) is 12.0. The van der Waals surface area contributed by atoms with E-state index >= 15 is 0 Å². The molecule has 3 rings (SSSR count). The molecule has 3 aromatic rings. The summed E-state index contributed by atoms with van der Waals surface area (Å²) < 4.78 is 2.57. The predicted molar refractivity (Wildman–Crippen MR) is 92.6 cm³/mol. The molecule has 23 heavy (non-hydrogen) atoms. The van der Waals surface area contributed by atoms with Crippen molar-refractivity contribution in [3.8, 4) is 5.69 Å². The zero-order chi connectivity index (χ0) is 16.1. The number of anilines is 1. The van der Waals surface area contributed by atoms with Crippen LogP contribution in [0.5, 0.6) is 0 Å². The first-order valence-corrected chi connectivity index (χ1v) is 8.52. The van der Waals surface area contributed by atoms with Gasteiger partial charge in [0.2, 0.25) is 11.1 Å². The first kappa shape index (κ1) is 15.7. The van der Waals surface area contributed by atoms with Crippen LogP contribution in [0.1, 0.15) is 0 Å². The Kier molecular flexibility index (Phi) is 5.04. The maximum Gasteiger partial charge on any atom is 0.234 e. The van der Waals surface area contributed by atoms with Crippen LogP contribution in [-0.2, 0) is 4.79 Å². The van der Waals surface area contributed by atoms with E-state index in [9.17, 15) is 4.79 Å². The highest BCUT2D eigenvalue weighted by atomic mass is 79.9. The number of rotatable bonds is 5. The Morgan fingerprint density at radius 3 is 2.61 bits per heavy atom. The van der Waals surface area contributed by atoms with Gasteiger partial charge in [-0.1, -0.05) is 45.9 Å². The van der Waals surface area contributed by atoms with Crippen LogP contribution in [-0.4, -0.2) is 31.9 Å². The standard InChI is InChI=1S/C15H12BrN5OS/c16-11-6-8-12(9-7-11)17-14(22)10-23-15-18-19-20-21(15)13-4-2-1-3-5-13/h1-9H,10H2,(H,17,22). The fourth-order valence-electron chi connectivity index (χ4n) is 1.86. The molecule has 6 nitrogen and oxygen atoms in total. The minimum absolute atomic E-state index is 0.111. The molecule has 1 aromatic heterocycles. The zero-order valence-corrected chi connectivity index (χ0v) is 14.3. The van der Waals surface area contributed by atoms with Crippen LogP contribution < -0.4 is 5.32 Å². The second-order valence-corrected chi connectivity index (χ2v) is 6.41. The van der Waals surface area contributed by atoms with Crippen molar-refractivity contribution in [2.75, 3.05) is 11.1 Å². The molecule has 0 aliphatic rings. The van der Waals surface area contributed by atoms with Crippen LogP contribution in [0, 0.1) is 0 Å². The Labute approximate surface area is 145 Å². The Morgan fingerprint density at radius 2 is 1.87 bits per heavy atom. The van der Waals surface area contributed by atoms with E-state index in [1.54, 1.807) is 4.68 Å². The third-order valence-electron chi connectivity index (χ3n) is 2.90. The SMILES string of the molecule is O=C(CSc1nnnn1-c1ccccc1)Nc1ccc(Br)cc1. The maximum atomic E-state index is 12.0. The number of nitrogens with zero attached hydrogens (tertiary/aromatic N) is 4. The summed E-state index contributed by atoms with van der Waals surface area (Å²) in [5.74, 6) is 0.114. The Balaban J connectivity index is 1.62. The quantitative estimate of drug-likeness (QED) is 0.678. The normalized spacial score (nSPS) is 10.5. The summed E-state index contributed by atoms with van der Waals surface area (Å²) in [5.41, 5.74) is 1.61. The van der Waals surface area contributed by atoms with Gasteiger partial charge in [-0.3, -0.25) is 4.79 Å². The lowest BCUT2D eigenvalue weighted by atomic mass is 10.3. The van der Waals surface area contributed by atoms with Crippen LogP contribution in [0.15, 0.2) is 64.2 Å². The Hall–Kier alpha value is -2.19. The van der Waals surface area contributed by atoms with Gasteiger partial charge in [0.15, 0.2) is 0 Å². The molecule has 0 atom stereocenters. The number of thioether (sulfide) groups is 1. The van der Waals surface area contributed by atoms with Gasteiger partial charge in [0.1, 0.15) is 0 Å². The van der Waals surface area contributed by atoms with E-state index in [1.165, 1.54) is 11.8 Å². The molecule has 0 saturated heterocycles. The number of halogens is 1. The smallest absolute Gasteiger partial charge is 0.234 e. The van der Waals surface area contributed by atoms with Gasteiger partial charge in [-0.25, -0.2) is 0 Å². The molecule has 2 aromatic carbocycles. The third-order valence-corrected chi connectivity index (χ3v) is 4.35. The number of amides is 1. The van der Waals surface area contributed by atoms with Crippen molar-refractivity contribution in [1.29, 1.82) is 0 Å². The number of hydrogen-bond donors (Lipinski definition) is 1. The summed E-state index contributed by atoms with van der Waals surface area (Å²) >= 11 is 4.64. The lowest BCUT2D eigenvalue weighted by Crippen LogP contribution is -2.14. The van der Waals surface area contributed by atoms with E-state index in [1.807, 2.05) is 54.6 Å². The molecular formula is C15H12BrN5OS. The number of aromatic nitrogens is 4. The Morgan fingerprint density at radius 1 is 1.13 bits per heavy atom. The number of carbonyl (C=O) groups excluding carboxylic acids is 1. The van der Waals surface area contributed by atoms with Crippen LogP contribution in [0.4, 0.5) is 5.69 Å². The Bertz CT molecular complexity index is 791. The van der Waals surface area contributed by atoms with Crippen LogP contribution in [0.3, 0.4) is 0 Å². The molecule has 0 spiro atoms. The molecule has 116 valence electrons. The summed E-state index contributed by atoms with van der Waals surface area (Å²) in [6.45, 7) is 0. The lowest BCUT2D eigenvalue weighted by molar-refractivity contribution is -0.113. The average Bonchev–Trinajstić information content (AvgIpc) is 3.04. The summed E-state index contributed by atoms with van der Waals surface area (Å²) in [5, 5.41) is 15.0. The van der Waals surface area contributed by atoms with Gasteiger partial charge < -0.3 is 5.32 Å². The summed E-state index contributed by atoms with van der Waals surface area (Å²) in [6, 6.07) is 17.0. The second kappa shape index (κ2) is 7.38. The minimum Gasteiger partial charge on any atom is -0.325 e. The molecule has 1 heterocycles. The van der Waals surface area contributed by atoms with Gasteiger partial charge in [0.05, 0.1) is 11.4 Å². The molecule has 0 aliphatic carbocycles. The predicted octanol–water partition coefficient (Wildman–Crippen LogP) is 3.16. The van der Waals surface area contributed by atoms with E-state index in [0.717, 1.165) is 15.8 Å². The molecule has 0 saturated carbocycles. The first-order chi connectivity index (χ1) is 11.2. The highest BCUT2D eigenvalue weighted by Crippen LogP contribution is 2.19. The molecule has 0 fully saturated rings. The number of para-hydroxylation sites is 1. The molecule has 0 radical (unpaired) electrons. The van der Waals surface area contributed by atoms with Crippen LogP contribution >= 0.6 is 27.7 Å². The lowest BCUT2D eigenvalue weighted by Gasteiger charge is -2.06. The number of benzene rings is 2. The van der Waals surface area contributed by atoms with E-state index in [4.69, 9.17) is 0 Å². The molecule has 8 heteroatoms. The molecule has 1 N–H and O–H groups in total. The summed E-state index contributed by atoms with van der Waals surface area (Å²) in [7, 11) is 0. The average molecular weight is 390 g/mol. The van der Waals surface area contributed by atoms with Crippen LogP contribution in [0.25, 0.3) is 5.69 Å². The summed E-state index contributed by atoms with van der Waals surface area (Å²) in [6.07, 6.45) is 0. The number of carbonyl (C=O) groups is 1. The molecule has 1 amide bonds. The third kappa shape index (κ3) is 4.17. The monoisotopic (exact) mass is 389 g/mol. The first-order valence-electron chi connectivity index (χ1n) is 6.74. The second-order valence-electron chi connectivity index (χ2n) is 4.55. The fraction of sp³-hybridized carbons (Fsp3) is 0.0667. The molecule has 0 aliphatic heterocycles. The van der Waals surface area contributed by atoms with Crippen molar-refractivity contribution in [1.82, 2.24) is 20.2 Å². The van der Waals surface area contributed by atoms with Crippen molar-refractivity contribution in [3.05, 3.63) is 59.1 Å². The fourth-order valence-corrected chi connectivity index (χ4v) is 2.82.